The largest absolute Gasteiger partial charge is 0.497 e. The van der Waals surface area contributed by atoms with Gasteiger partial charge in [-0.25, -0.2) is 4.39 Å². The van der Waals surface area contributed by atoms with Gasteiger partial charge < -0.3 is 15.4 Å². The highest BCUT2D eigenvalue weighted by Crippen LogP contribution is 2.31. The molecule has 0 aromatic heterocycles. The summed E-state index contributed by atoms with van der Waals surface area (Å²) in [5.41, 5.74) is 7.12. The molecular weight excluding hydrogens is 311 g/mol. The molecule has 1 aliphatic heterocycles. The number of nitrogens with zero attached hydrogens (tertiary/aromatic N) is 1. The summed E-state index contributed by atoms with van der Waals surface area (Å²) in [6, 6.07) is 9.19. The zero-order valence-electron chi connectivity index (χ0n) is 13.2. The minimum absolute atomic E-state index is 0.0341. The standard InChI is InChI=1S/C18H17FN2O3/c1-24-11-7-8-14(15(19)10-11)18(23)21-9-3-5-12-13(17(20)22)4-2-6-16(12)21/h2,4,6-8,10H,3,5,9H2,1H3,(H2,20,22). The van der Waals surface area contributed by atoms with Gasteiger partial charge in [0, 0.05) is 23.9 Å². The lowest BCUT2D eigenvalue weighted by Crippen LogP contribution is -2.36. The van der Waals surface area contributed by atoms with Crippen LogP contribution in [0.2, 0.25) is 0 Å². The Balaban J connectivity index is 2.02. The highest BCUT2D eigenvalue weighted by molar-refractivity contribution is 6.08. The maximum atomic E-state index is 14.2. The number of primary amides is 1. The third-order valence-corrected chi connectivity index (χ3v) is 4.17. The lowest BCUT2D eigenvalue weighted by Gasteiger charge is -2.30. The number of rotatable bonds is 3. The van der Waals surface area contributed by atoms with Gasteiger partial charge in [-0.15, -0.1) is 0 Å². The van der Waals surface area contributed by atoms with E-state index in [1.807, 2.05) is 0 Å². The van der Waals surface area contributed by atoms with E-state index >= 15 is 0 Å². The van der Waals surface area contributed by atoms with Crippen LogP contribution in [-0.2, 0) is 6.42 Å². The number of methoxy groups -OCH3 is 1. The molecule has 2 amide bonds. The molecule has 0 aliphatic carbocycles. The van der Waals surface area contributed by atoms with Crippen molar-refractivity contribution in [3.05, 3.63) is 58.9 Å². The molecule has 0 saturated carbocycles. The first kappa shape index (κ1) is 16.0. The molecule has 2 N–H and O–H groups in total. The molecular formula is C18H17FN2O3. The fraction of sp³-hybridized carbons (Fsp3) is 0.222. The maximum absolute atomic E-state index is 14.2. The van der Waals surface area contributed by atoms with Crippen molar-refractivity contribution in [1.29, 1.82) is 0 Å². The molecule has 1 heterocycles. The number of anilines is 1. The molecule has 6 heteroatoms. The first-order chi connectivity index (χ1) is 11.5. The third kappa shape index (κ3) is 2.71. The van der Waals surface area contributed by atoms with Crippen LogP contribution in [0.3, 0.4) is 0 Å². The summed E-state index contributed by atoms with van der Waals surface area (Å²) >= 11 is 0. The molecule has 0 saturated heterocycles. The summed E-state index contributed by atoms with van der Waals surface area (Å²) in [6.45, 7) is 0.458. The number of carbonyl (C=O) groups is 2. The lowest BCUT2D eigenvalue weighted by atomic mass is 9.95. The van der Waals surface area contributed by atoms with Gasteiger partial charge in [0.1, 0.15) is 11.6 Å². The lowest BCUT2D eigenvalue weighted by molar-refractivity contribution is 0.0974. The Bertz CT molecular complexity index is 820. The molecule has 2 aromatic rings. The van der Waals surface area contributed by atoms with Gasteiger partial charge in [0.25, 0.3) is 5.91 Å². The van der Waals surface area contributed by atoms with Crippen molar-refractivity contribution in [3.63, 3.8) is 0 Å². The number of hydrogen-bond donors (Lipinski definition) is 1. The van der Waals surface area contributed by atoms with Gasteiger partial charge in [0.2, 0.25) is 5.91 Å². The van der Waals surface area contributed by atoms with Crippen molar-refractivity contribution in [2.75, 3.05) is 18.6 Å². The van der Waals surface area contributed by atoms with Gasteiger partial charge in [-0.1, -0.05) is 6.07 Å². The van der Waals surface area contributed by atoms with Crippen molar-refractivity contribution in [2.45, 2.75) is 12.8 Å². The van der Waals surface area contributed by atoms with Crippen LogP contribution < -0.4 is 15.4 Å². The Morgan fingerprint density at radius 2 is 2.00 bits per heavy atom. The van der Waals surface area contributed by atoms with E-state index < -0.39 is 17.6 Å². The Labute approximate surface area is 138 Å². The van der Waals surface area contributed by atoms with Crippen molar-refractivity contribution in [3.8, 4) is 5.75 Å². The highest BCUT2D eigenvalue weighted by Gasteiger charge is 2.27. The van der Waals surface area contributed by atoms with Crippen LogP contribution in [0.1, 0.15) is 32.7 Å². The first-order valence-electron chi connectivity index (χ1n) is 7.60. The summed E-state index contributed by atoms with van der Waals surface area (Å²) in [7, 11) is 1.43. The van der Waals surface area contributed by atoms with E-state index in [9.17, 15) is 14.0 Å². The second-order valence-electron chi connectivity index (χ2n) is 5.57. The summed E-state index contributed by atoms with van der Waals surface area (Å²) in [6.07, 6.45) is 1.34. The van der Waals surface area contributed by atoms with Crippen LogP contribution in [0.5, 0.6) is 5.75 Å². The van der Waals surface area contributed by atoms with E-state index in [2.05, 4.69) is 0 Å². The molecule has 0 radical (unpaired) electrons. The first-order valence-corrected chi connectivity index (χ1v) is 7.60. The van der Waals surface area contributed by atoms with Crippen LogP contribution in [0, 0.1) is 5.82 Å². The summed E-state index contributed by atoms with van der Waals surface area (Å²) in [4.78, 5) is 25.9. The second-order valence-corrected chi connectivity index (χ2v) is 5.57. The molecule has 124 valence electrons. The quantitative estimate of drug-likeness (QED) is 0.941. The Morgan fingerprint density at radius 3 is 2.67 bits per heavy atom. The Kier molecular flexibility index (Phi) is 4.20. The Hall–Kier alpha value is -2.89. The van der Waals surface area contributed by atoms with Crippen LogP contribution >= 0.6 is 0 Å². The fourth-order valence-corrected chi connectivity index (χ4v) is 3.01. The number of nitrogens with two attached hydrogens (primary N) is 1. The molecule has 0 unspecified atom stereocenters. The Morgan fingerprint density at radius 1 is 1.21 bits per heavy atom. The zero-order valence-corrected chi connectivity index (χ0v) is 13.2. The van der Waals surface area contributed by atoms with Gasteiger partial charge in [-0.05, 0) is 42.7 Å². The average molecular weight is 328 g/mol. The molecule has 0 spiro atoms. The summed E-state index contributed by atoms with van der Waals surface area (Å²) in [5.74, 6) is -1.27. The molecule has 0 fully saturated rings. The summed E-state index contributed by atoms with van der Waals surface area (Å²) < 4.78 is 19.2. The smallest absolute Gasteiger partial charge is 0.261 e. The SMILES string of the molecule is COc1ccc(C(=O)N2CCCc3c(C(N)=O)cccc32)c(F)c1. The number of ether oxygens (including phenoxy) is 1. The molecule has 0 atom stereocenters. The van der Waals surface area contributed by atoms with Crippen LogP contribution in [0.15, 0.2) is 36.4 Å². The van der Waals surface area contributed by atoms with Crippen molar-refractivity contribution >= 4 is 17.5 Å². The number of halogens is 1. The number of benzene rings is 2. The second kappa shape index (κ2) is 6.31. The number of amides is 2. The molecule has 3 rings (SSSR count). The fourth-order valence-electron chi connectivity index (χ4n) is 3.01. The highest BCUT2D eigenvalue weighted by atomic mass is 19.1. The van der Waals surface area contributed by atoms with Crippen LogP contribution in [0.4, 0.5) is 10.1 Å². The summed E-state index contributed by atoms with van der Waals surface area (Å²) in [5, 5.41) is 0. The van der Waals surface area contributed by atoms with Crippen molar-refractivity contribution in [1.82, 2.24) is 0 Å². The third-order valence-electron chi connectivity index (χ3n) is 4.17. The monoisotopic (exact) mass is 328 g/mol. The number of hydrogen-bond acceptors (Lipinski definition) is 3. The molecule has 0 bridgehead atoms. The molecule has 2 aromatic carbocycles. The predicted molar refractivity (Wildman–Crippen MR) is 87.9 cm³/mol. The van der Waals surface area contributed by atoms with Crippen LogP contribution in [0.25, 0.3) is 0 Å². The van der Waals surface area contributed by atoms with Gasteiger partial charge in [-0.2, -0.15) is 0 Å². The van der Waals surface area contributed by atoms with Gasteiger partial charge in [0.05, 0.1) is 12.7 Å². The van der Waals surface area contributed by atoms with E-state index in [1.54, 1.807) is 24.3 Å². The molecule has 1 aliphatic rings. The maximum Gasteiger partial charge on any atom is 0.261 e. The topological polar surface area (TPSA) is 72.6 Å². The van der Waals surface area contributed by atoms with E-state index in [-0.39, 0.29) is 5.56 Å². The van der Waals surface area contributed by atoms with E-state index in [4.69, 9.17) is 10.5 Å². The van der Waals surface area contributed by atoms with Gasteiger partial charge >= 0.3 is 0 Å². The average Bonchev–Trinajstić information content (AvgIpc) is 2.59. The van der Waals surface area contributed by atoms with Crippen molar-refractivity contribution in [2.24, 2.45) is 5.73 Å². The number of carbonyl (C=O) groups excluding carboxylic acids is 2. The van der Waals surface area contributed by atoms with Crippen LogP contribution in [-0.4, -0.2) is 25.5 Å². The predicted octanol–water partition coefficient (Wildman–Crippen LogP) is 2.53. The van der Waals surface area contributed by atoms with E-state index in [0.29, 0.717) is 36.4 Å². The van der Waals surface area contributed by atoms with Gasteiger partial charge in [0.15, 0.2) is 0 Å². The normalized spacial score (nSPS) is 13.3. The molecule has 5 nitrogen and oxygen atoms in total. The molecule has 24 heavy (non-hydrogen) atoms. The van der Waals surface area contributed by atoms with Crippen molar-refractivity contribution < 1.29 is 18.7 Å². The minimum Gasteiger partial charge on any atom is -0.497 e. The van der Waals surface area contributed by atoms with E-state index in [0.717, 1.165) is 5.56 Å². The zero-order chi connectivity index (χ0) is 17.3. The van der Waals surface area contributed by atoms with Gasteiger partial charge in [-0.3, -0.25) is 9.59 Å². The van der Waals surface area contributed by atoms with E-state index in [1.165, 1.54) is 24.1 Å². The minimum atomic E-state index is -0.641. The number of fused-ring (bicyclic) bond motifs is 1.